The smallest absolute Gasteiger partial charge is 0.330 e. The fourth-order valence-electron chi connectivity index (χ4n) is 14.9. The number of carbonyl (C=O) groups is 8. The van der Waals surface area contributed by atoms with Gasteiger partial charge in [0.05, 0.1) is 11.6 Å². The highest BCUT2D eigenvalue weighted by Crippen LogP contribution is 2.52. The summed E-state index contributed by atoms with van der Waals surface area (Å²) in [5, 5.41) is 154. The number of aromatic hydroxyl groups is 4. The van der Waals surface area contributed by atoms with E-state index in [0.717, 1.165) is 54.6 Å². The van der Waals surface area contributed by atoms with E-state index in [-0.39, 0.29) is 92.7 Å². The SMILES string of the molecule is Cc1cc2ccc1Oc1cc3cc(c1O)Oc1ccc(cc1Cl)[C@@H](O[C@@H]1OC(CO)[C@@H](O)C(O)C1NC(=O)CCCCCCCNC(=N)NC(=N)N)[C@@H]1NC(=O)[C@H](NC(=O)[C@@H]3NC(=O)[C@H]3NC(=O)[C@@H](C2)NC(=O)[C@H](N(C)C)c2ccc(O)c(c2)Oc2cc(O)cc3c2)c2ccc3c(c2)-c2c(cc(O)cc2C3(O)O)[C@@H](C(=O)O)NC1=O. The van der Waals surface area contributed by atoms with Gasteiger partial charge in [0.15, 0.2) is 47.2 Å². The number of rotatable bonds is 14. The van der Waals surface area contributed by atoms with Crippen LogP contribution < -0.4 is 67.8 Å². The molecule has 13 atom stereocenters. The van der Waals surface area contributed by atoms with E-state index < -0.39 is 195 Å². The van der Waals surface area contributed by atoms with Crippen LogP contribution in [0.1, 0.15) is 130 Å². The lowest BCUT2D eigenvalue weighted by molar-refractivity contribution is -0.284. The van der Waals surface area contributed by atoms with Crippen LogP contribution >= 0.6 is 11.6 Å². The molecular formula is C78H82ClN13O23. The van der Waals surface area contributed by atoms with Gasteiger partial charge in [0.25, 0.3) is 0 Å². The number of aliphatic hydroxyl groups is 5. The third-order valence-electron chi connectivity index (χ3n) is 20.5. The number of guanidine groups is 2. The number of halogens is 1. The number of nitrogens with zero attached hydrogens (tertiary/aromatic N) is 1. The molecular weight excluding hydrogens is 1520 g/mol. The molecule has 0 spiro atoms. The summed E-state index contributed by atoms with van der Waals surface area (Å²) in [6, 6.07) is 7.40. The highest BCUT2D eigenvalue weighted by atomic mass is 35.5. The number of fused-ring (bicyclic) bond motifs is 11. The predicted molar refractivity (Wildman–Crippen MR) is 403 cm³/mol. The van der Waals surface area contributed by atoms with Crippen LogP contribution in [0.4, 0.5) is 0 Å². The van der Waals surface area contributed by atoms with Gasteiger partial charge in [0.2, 0.25) is 52.9 Å². The van der Waals surface area contributed by atoms with E-state index in [1.807, 2.05) is 0 Å². The number of amides is 7. The van der Waals surface area contributed by atoms with Crippen molar-refractivity contribution in [3.63, 3.8) is 0 Å². The second-order valence-electron chi connectivity index (χ2n) is 28.8. The summed E-state index contributed by atoms with van der Waals surface area (Å²) < 4.78 is 32.0. The zero-order valence-corrected chi connectivity index (χ0v) is 62.3. The number of phenolic OH excluding ortho intramolecular Hbond substituents is 4. The Morgan fingerprint density at radius 3 is 1.97 bits per heavy atom. The highest BCUT2D eigenvalue weighted by Gasteiger charge is 2.51. The van der Waals surface area contributed by atoms with Crippen LogP contribution in [0.2, 0.25) is 5.02 Å². The number of phenols is 4. The fraction of sp³-hybridized carbons (Fsp3) is 0.333. The largest absolute Gasteiger partial charge is 0.508 e. The Morgan fingerprint density at radius 1 is 0.643 bits per heavy atom. The van der Waals surface area contributed by atoms with E-state index >= 15 is 24.0 Å². The van der Waals surface area contributed by atoms with E-state index in [1.165, 1.54) is 53.4 Å². The van der Waals surface area contributed by atoms with Gasteiger partial charge in [-0.25, -0.2) is 4.79 Å². The molecule has 23 N–H and O–H groups in total. The Labute approximate surface area is 658 Å². The quantitative estimate of drug-likeness (QED) is 0.0322. The fourth-order valence-corrected chi connectivity index (χ4v) is 15.1. The van der Waals surface area contributed by atoms with Crippen LogP contribution in [-0.2, 0) is 60.0 Å². The van der Waals surface area contributed by atoms with Crippen molar-refractivity contribution in [2.75, 3.05) is 27.2 Å². The first-order valence-electron chi connectivity index (χ1n) is 36.4. The standard InChI is InChI=1S/C78H82ClN13O23/c1-32-19-33-10-16-49(32)112-52-26-38-27-53(64(52)98)113-50-17-13-36(24-46(50)79)67(115-75-61(66(100)65(99)54(31-93)114-75)85-55(97)9-7-5-4-6-8-18-83-77(82)91-76(80)81)62-72(105)89-60(74(107)108)43-29-40(95)30-45-56(43)42-23-34(11-14-44(42)78(45,109)110)57(69(102)90-62)87-71(104)59(38)88-70(103)58-37-21-39(94)28-41(22-37)111-51-25-35(12-15-48(51)96)63(92(2)3)73(106)84-47(20-33)68(101)86-58/h10-17,19,21-30,47,54,57-63,65-67,75,93-96,98-100,109-110H,4-9,18,20,31H2,1-3H3,(H,84,106)(H,85,97)(H,86,101)(H,87,104)(H,88,103)(H,89,105)(H,90,102)(H,107,108)(H6,80,81,82,83,91)/t47-,54?,57-,58+,59-,60+,61?,62+,63-,65-,66?,67-,75+/m1/s1. The summed E-state index contributed by atoms with van der Waals surface area (Å²) in [6.07, 6.45) is -7.84. The molecule has 7 aliphatic heterocycles. The minimum absolute atomic E-state index is 0.0464. The van der Waals surface area contributed by atoms with Crippen molar-refractivity contribution >= 4 is 70.8 Å². The monoisotopic (exact) mass is 1600 g/mol. The van der Waals surface area contributed by atoms with E-state index in [9.17, 15) is 65.4 Å². The average molecular weight is 1610 g/mol. The van der Waals surface area contributed by atoms with Crippen molar-refractivity contribution in [2.45, 2.75) is 137 Å². The van der Waals surface area contributed by atoms with Crippen molar-refractivity contribution in [3.8, 4) is 68.6 Å². The van der Waals surface area contributed by atoms with Gasteiger partial charge in [-0.2, -0.15) is 0 Å². The maximum absolute atomic E-state index is 16.4. The normalized spacial score (nSPS) is 24.0. The number of ether oxygens (including phenoxy) is 5. The lowest BCUT2D eigenvalue weighted by Crippen LogP contribution is -2.65. The number of nitrogens with one attached hydrogen (secondary N) is 11. The van der Waals surface area contributed by atoms with Crippen molar-refractivity contribution < 1.29 is 113 Å². The minimum Gasteiger partial charge on any atom is -0.508 e. The Balaban J connectivity index is 0.969. The number of hydrogen-bond acceptors (Lipinski definition) is 25. The number of likely N-dealkylation sites (N-methyl/N-ethyl adjacent to an activating group) is 1. The molecule has 1 aliphatic carbocycles. The number of aliphatic carboxylic acids is 1. The number of carbonyl (C=O) groups excluding carboxylic acids is 7. The maximum atomic E-state index is 16.4. The molecule has 7 heterocycles. The van der Waals surface area contributed by atoms with Gasteiger partial charge in [-0.15, -0.1) is 0 Å². The van der Waals surface area contributed by atoms with E-state index in [2.05, 4.69) is 47.9 Å². The third-order valence-corrected chi connectivity index (χ3v) is 20.8. The van der Waals surface area contributed by atoms with Crippen molar-refractivity contribution in [2.24, 2.45) is 5.73 Å². The summed E-state index contributed by atoms with van der Waals surface area (Å²) in [6.45, 7) is 0.976. The maximum Gasteiger partial charge on any atom is 0.330 e. The summed E-state index contributed by atoms with van der Waals surface area (Å²) >= 11 is 7.24. The molecule has 0 radical (unpaired) electrons. The number of benzene rings is 7. The number of hydrogen-bond donors (Lipinski definition) is 22. The number of aliphatic hydroxyl groups excluding tert-OH is 3. The van der Waals surface area contributed by atoms with E-state index in [0.29, 0.717) is 43.4 Å². The van der Waals surface area contributed by atoms with E-state index in [1.54, 1.807) is 33.2 Å². The van der Waals surface area contributed by atoms with Gasteiger partial charge in [-0.3, -0.25) is 54.6 Å². The Kier molecular flexibility index (Phi) is 23.1. The van der Waals surface area contributed by atoms with Crippen LogP contribution in [0.15, 0.2) is 115 Å². The summed E-state index contributed by atoms with van der Waals surface area (Å²) in [7, 11) is 3.18. The number of unbranched alkanes of at least 4 members (excludes halogenated alkanes) is 4. The third kappa shape index (κ3) is 16.8. The Hall–Kier alpha value is -12.4. The molecule has 15 rings (SSSR count). The molecule has 37 heteroatoms. The number of carboxylic acid groups (broad SMARTS) is 1. The molecule has 7 amide bonds. The molecule has 1 fully saturated rings. The van der Waals surface area contributed by atoms with Gasteiger partial charge in [0.1, 0.15) is 95.5 Å². The summed E-state index contributed by atoms with van der Waals surface area (Å²) in [5.74, 6) is -17.8. The zero-order chi connectivity index (χ0) is 82.3. The molecule has 1 saturated heterocycles. The summed E-state index contributed by atoms with van der Waals surface area (Å²) in [4.78, 5) is 124. The van der Waals surface area contributed by atoms with Crippen LogP contribution in [0.3, 0.4) is 0 Å². The second-order valence-corrected chi connectivity index (χ2v) is 29.2. The summed E-state index contributed by atoms with van der Waals surface area (Å²) in [5.41, 5.74) is 3.32. The second kappa shape index (κ2) is 33.0. The molecule has 3 unspecified atom stereocenters. The van der Waals surface area contributed by atoms with Crippen LogP contribution in [-0.4, -0.2) is 185 Å². The van der Waals surface area contributed by atoms with Crippen LogP contribution in [0.5, 0.6) is 57.5 Å². The number of nitrogens with two attached hydrogens (primary N) is 1. The van der Waals surface area contributed by atoms with Gasteiger partial charge < -0.3 is 123 Å². The van der Waals surface area contributed by atoms with Crippen LogP contribution in [0.25, 0.3) is 11.1 Å². The van der Waals surface area contributed by atoms with Crippen molar-refractivity contribution in [1.29, 1.82) is 10.8 Å². The number of aryl methyl sites for hydroxylation is 1. The molecule has 8 aliphatic rings. The molecule has 115 heavy (non-hydrogen) atoms. The molecule has 604 valence electrons. The van der Waals surface area contributed by atoms with Gasteiger partial charge in [-0.1, -0.05) is 67.3 Å². The Morgan fingerprint density at radius 2 is 1.28 bits per heavy atom. The molecule has 7 aromatic rings. The highest BCUT2D eigenvalue weighted by molar-refractivity contribution is 6.32. The lowest BCUT2D eigenvalue weighted by Gasteiger charge is -2.44. The lowest BCUT2D eigenvalue weighted by atomic mass is 9.90. The van der Waals surface area contributed by atoms with Gasteiger partial charge in [-0.05, 0) is 162 Å². The van der Waals surface area contributed by atoms with Crippen LogP contribution in [0, 0.1) is 17.7 Å². The number of carboxylic acids is 1. The first-order chi connectivity index (χ1) is 54.7. The molecule has 17 bridgehead atoms. The average Bonchev–Trinajstić information content (AvgIpc) is 1.56. The molecule has 7 aromatic carbocycles. The first-order valence-corrected chi connectivity index (χ1v) is 36.8. The minimum atomic E-state index is -3.06. The molecule has 0 saturated carbocycles. The predicted octanol–water partition coefficient (Wildman–Crippen LogP) is 2.63. The molecule has 36 nitrogen and oxygen atoms in total. The topological polar surface area (TPSA) is 570 Å². The van der Waals surface area contributed by atoms with Gasteiger partial charge >= 0.3 is 5.97 Å². The van der Waals surface area contributed by atoms with E-state index in [4.69, 9.17) is 51.8 Å². The first kappa shape index (κ1) is 80.7. The van der Waals surface area contributed by atoms with Crippen molar-refractivity contribution in [3.05, 3.63) is 176 Å². The van der Waals surface area contributed by atoms with Crippen molar-refractivity contribution in [1.82, 2.24) is 52.8 Å². The molecule has 0 aromatic heterocycles. The zero-order valence-electron chi connectivity index (χ0n) is 61.5. The Bertz CT molecular complexity index is 5110. The van der Waals surface area contributed by atoms with Gasteiger partial charge in [0, 0.05) is 36.6 Å².